The van der Waals surface area contributed by atoms with Crippen LogP contribution in [0.1, 0.15) is 35.7 Å². The second kappa shape index (κ2) is 6.22. The predicted octanol–water partition coefficient (Wildman–Crippen LogP) is 3.30. The van der Waals surface area contributed by atoms with Crippen molar-refractivity contribution in [2.75, 3.05) is 0 Å². The van der Waals surface area contributed by atoms with Crippen LogP contribution in [0, 0.1) is 0 Å². The average molecular weight is 374 g/mol. The molecule has 23 heavy (non-hydrogen) atoms. The smallest absolute Gasteiger partial charge is 0.276 e. The van der Waals surface area contributed by atoms with Gasteiger partial charge in [-0.25, -0.2) is 0 Å². The van der Waals surface area contributed by atoms with Crippen molar-refractivity contribution in [3.05, 3.63) is 64.4 Å². The van der Waals surface area contributed by atoms with E-state index in [0.717, 1.165) is 10.2 Å². The van der Waals surface area contributed by atoms with E-state index in [1.165, 1.54) is 5.01 Å². The van der Waals surface area contributed by atoms with Gasteiger partial charge in [-0.2, -0.15) is 10.1 Å². The number of aliphatic hydroxyl groups is 1. The number of rotatable bonds is 3. The lowest BCUT2D eigenvalue weighted by Gasteiger charge is -2.31. The predicted molar refractivity (Wildman–Crippen MR) is 90.8 cm³/mol. The van der Waals surface area contributed by atoms with E-state index >= 15 is 0 Å². The fourth-order valence-electron chi connectivity index (χ4n) is 2.62. The zero-order valence-electron chi connectivity index (χ0n) is 12.6. The number of nitrogens with zero attached hydrogens (tertiary/aromatic N) is 3. The van der Waals surface area contributed by atoms with E-state index in [1.807, 2.05) is 13.0 Å². The molecule has 2 aromatic rings. The van der Waals surface area contributed by atoms with Crippen LogP contribution in [0.4, 0.5) is 0 Å². The Morgan fingerprint density at radius 1 is 1.35 bits per heavy atom. The van der Waals surface area contributed by atoms with E-state index in [1.54, 1.807) is 42.7 Å². The summed E-state index contributed by atoms with van der Waals surface area (Å²) in [5.41, 5.74) is 0.372. The molecule has 0 aliphatic carbocycles. The Bertz CT molecular complexity index is 763. The average Bonchev–Trinajstić information content (AvgIpc) is 2.93. The molecular weight excluding hydrogens is 358 g/mol. The lowest BCUT2D eigenvalue weighted by atomic mass is 9.97. The third kappa shape index (κ3) is 2.92. The number of carbonyl (C=O) groups excluding carboxylic acids is 1. The molecule has 0 spiro atoms. The summed E-state index contributed by atoms with van der Waals surface area (Å²) in [7, 11) is 0. The summed E-state index contributed by atoms with van der Waals surface area (Å²) >= 11 is 3.36. The second-order valence-corrected chi connectivity index (χ2v) is 6.29. The van der Waals surface area contributed by atoms with Crippen molar-refractivity contribution in [1.29, 1.82) is 0 Å². The zero-order valence-corrected chi connectivity index (χ0v) is 14.2. The van der Waals surface area contributed by atoms with Gasteiger partial charge in [-0.15, -0.1) is 0 Å². The molecule has 118 valence electrons. The number of carbonyl (C=O) groups is 1. The van der Waals surface area contributed by atoms with Crippen LogP contribution in [0.2, 0.25) is 0 Å². The number of hydrogen-bond acceptors (Lipinski definition) is 4. The van der Waals surface area contributed by atoms with Crippen molar-refractivity contribution in [3.63, 3.8) is 0 Å². The Balaban J connectivity index is 2.03. The lowest BCUT2D eigenvalue weighted by Crippen LogP contribution is -2.43. The maximum Gasteiger partial charge on any atom is 0.276 e. The van der Waals surface area contributed by atoms with Crippen molar-refractivity contribution < 1.29 is 9.90 Å². The van der Waals surface area contributed by atoms with Gasteiger partial charge in [-0.05, 0) is 36.8 Å². The van der Waals surface area contributed by atoms with E-state index in [9.17, 15) is 9.90 Å². The molecule has 6 heteroatoms. The molecule has 0 saturated carbocycles. The van der Waals surface area contributed by atoms with Gasteiger partial charge < -0.3 is 5.11 Å². The van der Waals surface area contributed by atoms with E-state index in [4.69, 9.17) is 0 Å². The molecule has 1 aliphatic rings. The molecule has 1 amide bonds. The Morgan fingerprint density at radius 3 is 2.74 bits per heavy atom. The number of amides is 1. The number of halogens is 1. The first-order valence-electron chi connectivity index (χ1n) is 7.34. The molecule has 2 heterocycles. The summed E-state index contributed by atoms with van der Waals surface area (Å²) in [6, 6.07) is 10.5. The highest BCUT2D eigenvalue weighted by Crippen LogP contribution is 2.36. The number of hydrogen-bond donors (Lipinski definition) is 1. The minimum atomic E-state index is -1.48. The molecule has 1 aromatic carbocycles. The fourth-order valence-corrected chi connectivity index (χ4v) is 3.01. The summed E-state index contributed by atoms with van der Waals surface area (Å²) < 4.78 is 0.801. The first-order chi connectivity index (χ1) is 11.0. The van der Waals surface area contributed by atoms with Crippen molar-refractivity contribution in [1.82, 2.24) is 9.99 Å². The third-order valence-electron chi connectivity index (χ3n) is 3.86. The van der Waals surface area contributed by atoms with Gasteiger partial charge in [0.1, 0.15) is 0 Å². The number of pyridine rings is 1. The fraction of sp³-hybridized carbons (Fsp3) is 0.235. The summed E-state index contributed by atoms with van der Waals surface area (Å²) in [4.78, 5) is 16.8. The van der Waals surface area contributed by atoms with Crippen molar-refractivity contribution in [2.24, 2.45) is 5.10 Å². The van der Waals surface area contributed by atoms with Crippen molar-refractivity contribution in [3.8, 4) is 0 Å². The Labute approximate surface area is 142 Å². The molecule has 1 N–H and O–H groups in total. The standard InChI is InChI=1S/C17H16BrN3O2/c1-2-15-11-17(23,13-6-8-19-9-7-13)21(20-15)16(22)12-4-3-5-14(18)10-12/h3-10,23H,2,11H2,1H3. The Kier molecular flexibility index (Phi) is 4.28. The normalized spacial score (nSPS) is 20.5. The first-order valence-corrected chi connectivity index (χ1v) is 8.13. The highest BCUT2D eigenvalue weighted by molar-refractivity contribution is 9.10. The maximum absolute atomic E-state index is 12.9. The minimum absolute atomic E-state index is 0.299. The molecule has 1 aliphatic heterocycles. The topological polar surface area (TPSA) is 65.8 Å². The van der Waals surface area contributed by atoms with Gasteiger partial charge in [0.05, 0.1) is 0 Å². The number of aromatic nitrogens is 1. The molecule has 0 fully saturated rings. The van der Waals surface area contributed by atoms with Crippen LogP contribution in [0.5, 0.6) is 0 Å². The molecule has 5 nitrogen and oxygen atoms in total. The first kappa shape index (κ1) is 15.8. The summed E-state index contributed by atoms with van der Waals surface area (Å²) in [5, 5.41) is 16.7. The Hall–Kier alpha value is -2.05. The molecule has 1 unspecified atom stereocenters. The molecule has 0 saturated heterocycles. The third-order valence-corrected chi connectivity index (χ3v) is 4.35. The largest absolute Gasteiger partial charge is 0.365 e. The highest BCUT2D eigenvalue weighted by atomic mass is 79.9. The van der Waals surface area contributed by atoms with Gasteiger partial charge in [0.25, 0.3) is 5.91 Å². The van der Waals surface area contributed by atoms with Crippen LogP contribution in [0.3, 0.4) is 0 Å². The van der Waals surface area contributed by atoms with Gasteiger partial charge >= 0.3 is 0 Å². The molecule has 1 atom stereocenters. The number of hydrazone groups is 1. The minimum Gasteiger partial charge on any atom is -0.365 e. The van der Waals surface area contributed by atoms with Crippen LogP contribution in [0.15, 0.2) is 58.4 Å². The van der Waals surface area contributed by atoms with Crippen LogP contribution in [-0.4, -0.2) is 26.7 Å². The number of benzene rings is 1. The molecule has 0 bridgehead atoms. The zero-order chi connectivity index (χ0) is 16.4. The maximum atomic E-state index is 12.9. The van der Waals surface area contributed by atoms with Crippen LogP contribution in [0.25, 0.3) is 0 Å². The SMILES string of the molecule is CCC1=NN(C(=O)c2cccc(Br)c2)C(O)(c2ccncc2)C1. The van der Waals surface area contributed by atoms with E-state index in [-0.39, 0.29) is 5.91 Å². The van der Waals surface area contributed by atoms with E-state index in [0.29, 0.717) is 24.0 Å². The molecule has 0 radical (unpaired) electrons. The monoisotopic (exact) mass is 373 g/mol. The summed E-state index contributed by atoms with van der Waals surface area (Å²) in [6.07, 6.45) is 4.17. The van der Waals surface area contributed by atoms with Gasteiger partial charge in [-0.3, -0.25) is 9.78 Å². The van der Waals surface area contributed by atoms with Crippen molar-refractivity contribution in [2.45, 2.75) is 25.5 Å². The van der Waals surface area contributed by atoms with E-state index < -0.39 is 5.72 Å². The Morgan fingerprint density at radius 2 is 2.09 bits per heavy atom. The quantitative estimate of drug-likeness (QED) is 0.897. The summed E-state index contributed by atoms with van der Waals surface area (Å²) in [6.45, 7) is 1.96. The lowest BCUT2D eigenvalue weighted by molar-refractivity contribution is -0.0766. The molecule has 3 rings (SSSR count). The molecular formula is C17H16BrN3O2. The highest BCUT2D eigenvalue weighted by Gasteiger charge is 2.45. The second-order valence-electron chi connectivity index (χ2n) is 5.38. The van der Waals surface area contributed by atoms with Gasteiger partial charge in [0.15, 0.2) is 5.72 Å². The van der Waals surface area contributed by atoms with Crippen molar-refractivity contribution >= 4 is 27.5 Å². The van der Waals surface area contributed by atoms with Crippen LogP contribution < -0.4 is 0 Å². The summed E-state index contributed by atoms with van der Waals surface area (Å²) in [5.74, 6) is -0.339. The van der Waals surface area contributed by atoms with E-state index in [2.05, 4.69) is 26.0 Å². The van der Waals surface area contributed by atoms with Gasteiger partial charge in [0, 0.05) is 40.1 Å². The van der Waals surface area contributed by atoms with Gasteiger partial charge in [0.2, 0.25) is 0 Å². The van der Waals surface area contributed by atoms with Gasteiger partial charge in [-0.1, -0.05) is 28.9 Å². The van der Waals surface area contributed by atoms with Crippen LogP contribution in [-0.2, 0) is 5.72 Å². The van der Waals surface area contributed by atoms with Crippen LogP contribution >= 0.6 is 15.9 Å². The molecule has 1 aromatic heterocycles.